The van der Waals surface area contributed by atoms with Gasteiger partial charge < -0.3 is 14.6 Å². The summed E-state index contributed by atoms with van der Waals surface area (Å²) in [4.78, 5) is 11.4. The van der Waals surface area contributed by atoms with Gasteiger partial charge in [-0.25, -0.2) is 0 Å². The van der Waals surface area contributed by atoms with Crippen LogP contribution in [-0.4, -0.2) is 34.5 Å². The van der Waals surface area contributed by atoms with E-state index >= 15 is 0 Å². The molecule has 4 nitrogen and oxygen atoms in total. The summed E-state index contributed by atoms with van der Waals surface area (Å²) in [5, 5.41) is 11.0. The molecular weight excluding hydrogens is 328 g/mol. The smallest absolute Gasteiger partial charge is 0.303 e. The molecular formula is C22H36O4. The third-order valence-corrected chi connectivity index (χ3v) is 7.46. The Morgan fingerprint density at radius 3 is 2.54 bits per heavy atom. The number of hydrogen-bond donors (Lipinski definition) is 1. The maximum atomic E-state index is 11.4. The number of carbonyl (C=O) groups excluding carboxylic acids is 1. The van der Waals surface area contributed by atoms with Crippen molar-refractivity contribution in [3.63, 3.8) is 0 Å². The van der Waals surface area contributed by atoms with Crippen LogP contribution < -0.4 is 0 Å². The van der Waals surface area contributed by atoms with Crippen LogP contribution >= 0.6 is 0 Å². The van der Waals surface area contributed by atoms with Crippen LogP contribution in [0.3, 0.4) is 0 Å². The van der Waals surface area contributed by atoms with Crippen LogP contribution in [0.1, 0.15) is 79.6 Å². The van der Waals surface area contributed by atoms with Crippen molar-refractivity contribution in [2.24, 2.45) is 17.3 Å². The summed E-state index contributed by atoms with van der Waals surface area (Å²) in [6, 6.07) is 0. The van der Waals surface area contributed by atoms with Gasteiger partial charge in [-0.1, -0.05) is 13.5 Å². The van der Waals surface area contributed by atoms with Crippen molar-refractivity contribution in [3.8, 4) is 0 Å². The molecule has 1 heterocycles. The predicted molar refractivity (Wildman–Crippen MR) is 102 cm³/mol. The summed E-state index contributed by atoms with van der Waals surface area (Å²) < 4.78 is 11.5. The van der Waals surface area contributed by atoms with Crippen molar-refractivity contribution in [1.29, 1.82) is 0 Å². The van der Waals surface area contributed by atoms with Crippen LogP contribution in [0.2, 0.25) is 0 Å². The highest BCUT2D eigenvalue weighted by molar-refractivity contribution is 5.66. The lowest BCUT2D eigenvalue weighted by atomic mass is 9.71. The lowest BCUT2D eigenvalue weighted by Crippen LogP contribution is -2.34. The number of esters is 1. The number of hydrogen-bond acceptors (Lipinski definition) is 4. The Labute approximate surface area is 158 Å². The van der Waals surface area contributed by atoms with E-state index in [1.165, 1.54) is 6.92 Å². The molecule has 1 saturated heterocycles. The highest BCUT2D eigenvalue weighted by Gasteiger charge is 2.60. The fraction of sp³-hybridized carbons (Fsp3) is 0.864. The second-order valence-electron chi connectivity index (χ2n) is 9.90. The van der Waals surface area contributed by atoms with Gasteiger partial charge in [0.05, 0.1) is 17.3 Å². The van der Waals surface area contributed by atoms with Gasteiger partial charge in [0.15, 0.2) is 0 Å². The molecule has 1 N–H and O–H groups in total. The molecule has 0 radical (unpaired) electrons. The van der Waals surface area contributed by atoms with Gasteiger partial charge in [-0.05, 0) is 88.5 Å². The van der Waals surface area contributed by atoms with E-state index in [0.717, 1.165) is 50.5 Å². The van der Waals surface area contributed by atoms with Gasteiger partial charge in [0.1, 0.15) is 6.10 Å². The van der Waals surface area contributed by atoms with Crippen LogP contribution in [0.25, 0.3) is 0 Å². The fourth-order valence-electron chi connectivity index (χ4n) is 5.23. The first-order valence-corrected chi connectivity index (χ1v) is 10.2. The van der Waals surface area contributed by atoms with E-state index in [1.807, 2.05) is 13.8 Å². The van der Waals surface area contributed by atoms with E-state index in [-0.39, 0.29) is 23.1 Å². The van der Waals surface area contributed by atoms with E-state index < -0.39 is 5.60 Å². The monoisotopic (exact) mass is 364 g/mol. The van der Waals surface area contributed by atoms with Crippen LogP contribution in [0, 0.1) is 17.3 Å². The number of ether oxygens (including phenoxy) is 2. The molecule has 0 bridgehead atoms. The minimum atomic E-state index is -0.597. The molecule has 0 aromatic carbocycles. The third-order valence-electron chi connectivity index (χ3n) is 7.46. The summed E-state index contributed by atoms with van der Waals surface area (Å²) in [5.74, 6) is 0.676. The van der Waals surface area contributed by atoms with Crippen LogP contribution in [0.4, 0.5) is 0 Å². The minimum Gasteiger partial charge on any atom is -0.458 e. The molecule has 0 spiro atoms. The zero-order valence-corrected chi connectivity index (χ0v) is 17.1. The van der Waals surface area contributed by atoms with Gasteiger partial charge >= 0.3 is 5.97 Å². The highest BCUT2D eigenvalue weighted by Crippen LogP contribution is 2.62. The van der Waals surface area contributed by atoms with Gasteiger partial charge in [-0.15, -0.1) is 0 Å². The number of carbonyl (C=O) groups is 1. The average Bonchev–Trinajstić information content (AvgIpc) is 3.42. The summed E-state index contributed by atoms with van der Waals surface area (Å²) in [7, 11) is 0. The van der Waals surface area contributed by atoms with Gasteiger partial charge in [-0.2, -0.15) is 0 Å². The molecule has 3 rings (SSSR count). The molecule has 0 amide bonds. The average molecular weight is 365 g/mol. The summed E-state index contributed by atoms with van der Waals surface area (Å²) in [6.07, 6.45) is 6.95. The van der Waals surface area contributed by atoms with Crippen LogP contribution in [-0.2, 0) is 14.3 Å². The van der Waals surface area contributed by atoms with E-state index in [0.29, 0.717) is 17.9 Å². The molecule has 7 atom stereocenters. The maximum Gasteiger partial charge on any atom is 0.303 e. The quantitative estimate of drug-likeness (QED) is 0.446. The standard InChI is InChI=1S/C22H36O4/c1-14(2)18(25-15(3)23)7-9-20(4)11-12-22(6)19(26-22)8-10-21(5,24)17-13-16(17)20/h16-19,24H,1,7-13H2,2-6H3/t16-,17-,18-,19-,20-,21-,22-/m0/s1. The lowest BCUT2D eigenvalue weighted by molar-refractivity contribution is -0.145. The Hall–Kier alpha value is -0.870. The molecule has 0 aromatic heterocycles. The second kappa shape index (κ2) is 6.63. The highest BCUT2D eigenvalue weighted by atomic mass is 16.6. The number of fused-ring (bicyclic) bond motifs is 2. The van der Waals surface area contributed by atoms with Crippen LogP contribution in [0.5, 0.6) is 0 Å². The number of aliphatic hydroxyl groups is 1. The third kappa shape index (κ3) is 4.01. The molecule has 1 aliphatic heterocycles. The molecule has 2 saturated carbocycles. The molecule has 3 aliphatic rings. The van der Waals surface area contributed by atoms with E-state index in [1.54, 1.807) is 0 Å². The summed E-state index contributed by atoms with van der Waals surface area (Å²) in [6.45, 7) is 14.0. The predicted octanol–water partition coefficient (Wildman–Crippen LogP) is 4.40. The first-order valence-electron chi connectivity index (χ1n) is 10.2. The molecule has 4 heteroatoms. The number of epoxide rings is 1. The molecule has 3 fully saturated rings. The van der Waals surface area contributed by atoms with E-state index in [9.17, 15) is 9.90 Å². The zero-order valence-electron chi connectivity index (χ0n) is 17.1. The van der Waals surface area contributed by atoms with Crippen molar-refractivity contribution in [3.05, 3.63) is 12.2 Å². The van der Waals surface area contributed by atoms with Crippen molar-refractivity contribution < 1.29 is 19.4 Å². The van der Waals surface area contributed by atoms with Gasteiger partial charge in [0, 0.05) is 6.92 Å². The van der Waals surface area contributed by atoms with Gasteiger partial charge in [0.2, 0.25) is 0 Å². The minimum absolute atomic E-state index is 0.0112. The molecule has 0 unspecified atom stereocenters. The Morgan fingerprint density at radius 2 is 1.92 bits per heavy atom. The van der Waals surface area contributed by atoms with Crippen molar-refractivity contribution in [2.45, 2.75) is 103 Å². The molecule has 0 aromatic rings. The van der Waals surface area contributed by atoms with E-state index in [2.05, 4.69) is 20.4 Å². The molecule has 148 valence electrons. The maximum absolute atomic E-state index is 11.4. The first kappa shape index (κ1) is 19.9. The van der Waals surface area contributed by atoms with Gasteiger partial charge in [0.25, 0.3) is 0 Å². The molecule has 2 aliphatic carbocycles. The normalized spacial score (nSPS) is 45.7. The topological polar surface area (TPSA) is 59.1 Å². The fourth-order valence-corrected chi connectivity index (χ4v) is 5.23. The first-order chi connectivity index (χ1) is 12.0. The largest absolute Gasteiger partial charge is 0.458 e. The van der Waals surface area contributed by atoms with Gasteiger partial charge in [-0.3, -0.25) is 4.79 Å². The SMILES string of the molecule is C=C(C)[C@H](CC[C@@]1(C)CC[C@]2(C)O[C@H]2CC[C@](C)(O)[C@H]2C[C@@H]21)OC(C)=O. The van der Waals surface area contributed by atoms with Crippen molar-refractivity contribution >= 4 is 5.97 Å². The molecule has 26 heavy (non-hydrogen) atoms. The Bertz CT molecular complexity index is 583. The Balaban J connectivity index is 1.72. The Morgan fingerprint density at radius 1 is 1.23 bits per heavy atom. The summed E-state index contributed by atoms with van der Waals surface area (Å²) >= 11 is 0. The van der Waals surface area contributed by atoms with E-state index in [4.69, 9.17) is 9.47 Å². The van der Waals surface area contributed by atoms with Crippen LogP contribution in [0.15, 0.2) is 12.2 Å². The zero-order chi connectivity index (χ0) is 19.3. The van der Waals surface area contributed by atoms with Crippen molar-refractivity contribution in [1.82, 2.24) is 0 Å². The lowest BCUT2D eigenvalue weighted by Gasteiger charge is -2.36. The Kier molecular flexibility index (Phi) is 5.07. The second-order valence-corrected chi connectivity index (χ2v) is 9.90. The van der Waals surface area contributed by atoms with Crippen molar-refractivity contribution in [2.75, 3.05) is 0 Å². The summed E-state index contributed by atoms with van der Waals surface area (Å²) in [5.41, 5.74) is 0.433. The number of rotatable bonds is 5.